The van der Waals surface area contributed by atoms with Crippen LogP contribution in [0.15, 0.2) is 66.7 Å². The molecule has 32 heavy (non-hydrogen) atoms. The van der Waals surface area contributed by atoms with E-state index in [1.54, 1.807) is 48.4 Å². The summed E-state index contributed by atoms with van der Waals surface area (Å²) in [6.07, 6.45) is 0. The molecule has 0 radical (unpaired) electrons. The molecule has 0 saturated carbocycles. The van der Waals surface area contributed by atoms with Crippen molar-refractivity contribution in [3.63, 3.8) is 0 Å². The lowest BCUT2D eigenvalue weighted by molar-refractivity contribution is -0.120. The van der Waals surface area contributed by atoms with E-state index in [2.05, 4.69) is 5.32 Å². The van der Waals surface area contributed by atoms with Gasteiger partial charge >= 0.3 is 0 Å². The van der Waals surface area contributed by atoms with Crippen LogP contribution in [0.5, 0.6) is 17.2 Å². The number of fused-ring (bicyclic) bond motifs is 1. The molecule has 0 aromatic heterocycles. The molecular formula is C25H24N2O5. The Bertz CT molecular complexity index is 1130. The third-order valence-electron chi connectivity index (χ3n) is 5.46. The molecule has 1 aliphatic heterocycles. The smallest absolute Gasteiger partial charge is 0.259 e. The summed E-state index contributed by atoms with van der Waals surface area (Å²) in [6, 6.07) is 19.2. The zero-order valence-electron chi connectivity index (χ0n) is 18.1. The number of ether oxygens (including phenoxy) is 3. The predicted molar refractivity (Wildman–Crippen MR) is 120 cm³/mol. The van der Waals surface area contributed by atoms with Crippen molar-refractivity contribution < 1.29 is 23.8 Å². The quantitative estimate of drug-likeness (QED) is 0.610. The Morgan fingerprint density at radius 2 is 1.62 bits per heavy atom. The van der Waals surface area contributed by atoms with Gasteiger partial charge in [0.1, 0.15) is 11.8 Å². The molecule has 1 aliphatic rings. The van der Waals surface area contributed by atoms with Crippen molar-refractivity contribution in [2.75, 3.05) is 26.6 Å². The van der Waals surface area contributed by atoms with E-state index < -0.39 is 6.04 Å². The highest BCUT2D eigenvalue weighted by Crippen LogP contribution is 2.44. The Kier molecular flexibility index (Phi) is 5.98. The first-order valence-electron chi connectivity index (χ1n) is 10.1. The van der Waals surface area contributed by atoms with Crippen LogP contribution in [0, 0.1) is 0 Å². The van der Waals surface area contributed by atoms with Gasteiger partial charge < -0.3 is 24.4 Å². The molecule has 3 aromatic carbocycles. The standard InChI is InChI=1S/C25H24N2O5/c1-30-18-11-9-17(10-12-18)26-24(28)22-19-13-14-20(31-2)23(32-3)21(19)25(29)27(22)15-16-7-5-4-6-8-16/h4-14,22H,15H2,1-3H3,(H,26,28)/t22-/m1/s1. The van der Waals surface area contributed by atoms with E-state index in [1.165, 1.54) is 14.2 Å². The number of amides is 2. The minimum atomic E-state index is -0.820. The van der Waals surface area contributed by atoms with Crippen molar-refractivity contribution in [1.82, 2.24) is 4.90 Å². The van der Waals surface area contributed by atoms with Crippen molar-refractivity contribution in [3.8, 4) is 17.2 Å². The van der Waals surface area contributed by atoms with Gasteiger partial charge in [0.15, 0.2) is 11.5 Å². The number of hydrogen-bond donors (Lipinski definition) is 1. The molecule has 3 aromatic rings. The second-order valence-electron chi connectivity index (χ2n) is 7.30. The first-order valence-corrected chi connectivity index (χ1v) is 10.1. The van der Waals surface area contributed by atoms with Gasteiger partial charge in [0.2, 0.25) is 0 Å². The summed E-state index contributed by atoms with van der Waals surface area (Å²) >= 11 is 0. The highest BCUT2D eigenvalue weighted by atomic mass is 16.5. The summed E-state index contributed by atoms with van der Waals surface area (Å²) in [5.41, 5.74) is 2.45. The van der Waals surface area contributed by atoms with Gasteiger partial charge in [-0.3, -0.25) is 9.59 Å². The van der Waals surface area contributed by atoms with Crippen LogP contribution in [-0.2, 0) is 11.3 Å². The molecule has 4 rings (SSSR count). The summed E-state index contributed by atoms with van der Waals surface area (Å²) in [5.74, 6) is 0.857. The monoisotopic (exact) mass is 432 g/mol. The normalized spacial score (nSPS) is 14.7. The van der Waals surface area contributed by atoms with Gasteiger partial charge in [0.05, 0.1) is 26.9 Å². The Morgan fingerprint density at radius 3 is 2.25 bits per heavy atom. The van der Waals surface area contributed by atoms with Gasteiger partial charge in [-0.25, -0.2) is 0 Å². The van der Waals surface area contributed by atoms with Gasteiger partial charge in [-0.05, 0) is 35.9 Å². The van der Waals surface area contributed by atoms with Crippen LogP contribution in [-0.4, -0.2) is 38.0 Å². The molecule has 164 valence electrons. The maximum Gasteiger partial charge on any atom is 0.259 e. The molecule has 1 atom stereocenters. The van der Waals surface area contributed by atoms with E-state index >= 15 is 0 Å². The SMILES string of the molecule is COc1ccc(NC(=O)[C@H]2c3ccc(OC)c(OC)c3C(=O)N2Cc2ccccc2)cc1. The molecule has 0 bridgehead atoms. The summed E-state index contributed by atoms with van der Waals surface area (Å²) in [5, 5.41) is 2.92. The van der Waals surface area contributed by atoms with Gasteiger partial charge in [-0.1, -0.05) is 36.4 Å². The molecule has 0 aliphatic carbocycles. The number of nitrogens with one attached hydrogen (secondary N) is 1. The molecule has 7 nitrogen and oxygen atoms in total. The summed E-state index contributed by atoms with van der Waals surface area (Å²) < 4.78 is 16.0. The molecule has 1 N–H and O–H groups in total. The molecule has 0 unspecified atom stereocenters. The number of benzene rings is 3. The third kappa shape index (κ3) is 3.85. The van der Waals surface area contributed by atoms with E-state index in [4.69, 9.17) is 14.2 Å². The summed E-state index contributed by atoms with van der Waals surface area (Å²) in [7, 11) is 4.58. The number of nitrogens with zero attached hydrogens (tertiary/aromatic N) is 1. The molecule has 0 saturated heterocycles. The largest absolute Gasteiger partial charge is 0.497 e. The van der Waals surface area contributed by atoms with Crippen LogP contribution in [0.2, 0.25) is 0 Å². The molecule has 0 spiro atoms. The second kappa shape index (κ2) is 9.01. The fourth-order valence-electron chi connectivity index (χ4n) is 3.93. The van der Waals surface area contributed by atoms with Crippen molar-refractivity contribution in [2.24, 2.45) is 0 Å². The van der Waals surface area contributed by atoms with Crippen molar-refractivity contribution >= 4 is 17.5 Å². The second-order valence-corrected chi connectivity index (χ2v) is 7.30. The fourth-order valence-corrected chi connectivity index (χ4v) is 3.93. The van der Waals surface area contributed by atoms with Crippen LogP contribution in [0.3, 0.4) is 0 Å². The van der Waals surface area contributed by atoms with Crippen LogP contribution < -0.4 is 19.5 Å². The average molecular weight is 432 g/mol. The Labute approximate surface area is 186 Å². The highest BCUT2D eigenvalue weighted by molar-refractivity contribution is 6.09. The van der Waals surface area contributed by atoms with Crippen LogP contribution in [0.1, 0.15) is 27.5 Å². The van der Waals surface area contributed by atoms with Crippen molar-refractivity contribution in [1.29, 1.82) is 0 Å². The predicted octanol–water partition coefficient (Wildman–Crippen LogP) is 4.05. The molecule has 7 heteroatoms. The zero-order chi connectivity index (χ0) is 22.7. The fraction of sp³-hybridized carbons (Fsp3) is 0.200. The zero-order valence-corrected chi connectivity index (χ0v) is 18.1. The van der Waals surface area contributed by atoms with E-state index in [1.807, 2.05) is 30.3 Å². The van der Waals surface area contributed by atoms with Crippen LogP contribution >= 0.6 is 0 Å². The van der Waals surface area contributed by atoms with Gasteiger partial charge in [0.25, 0.3) is 11.8 Å². The lowest BCUT2D eigenvalue weighted by Crippen LogP contribution is -2.35. The number of anilines is 1. The average Bonchev–Trinajstić information content (AvgIpc) is 3.11. The highest BCUT2D eigenvalue weighted by Gasteiger charge is 2.44. The lowest BCUT2D eigenvalue weighted by atomic mass is 10.0. The molecule has 0 fully saturated rings. The molecular weight excluding hydrogens is 408 g/mol. The minimum Gasteiger partial charge on any atom is -0.497 e. The Morgan fingerprint density at radius 1 is 0.906 bits per heavy atom. The van der Waals surface area contributed by atoms with Crippen LogP contribution in [0.25, 0.3) is 0 Å². The number of carbonyl (C=O) groups is 2. The molecule has 1 heterocycles. The van der Waals surface area contributed by atoms with Gasteiger partial charge in [0, 0.05) is 17.8 Å². The number of methoxy groups -OCH3 is 3. The minimum absolute atomic E-state index is 0.278. The van der Waals surface area contributed by atoms with Crippen molar-refractivity contribution in [2.45, 2.75) is 12.6 Å². The van der Waals surface area contributed by atoms with E-state index in [0.717, 1.165) is 5.56 Å². The lowest BCUT2D eigenvalue weighted by Gasteiger charge is -2.24. The van der Waals surface area contributed by atoms with Crippen LogP contribution in [0.4, 0.5) is 5.69 Å². The topological polar surface area (TPSA) is 77.1 Å². The number of carbonyl (C=O) groups excluding carboxylic acids is 2. The maximum absolute atomic E-state index is 13.5. The van der Waals surface area contributed by atoms with Gasteiger partial charge in [-0.15, -0.1) is 0 Å². The number of rotatable bonds is 7. The summed E-state index contributed by atoms with van der Waals surface area (Å²) in [6.45, 7) is 0.278. The number of hydrogen-bond acceptors (Lipinski definition) is 5. The van der Waals surface area contributed by atoms with E-state index in [-0.39, 0.29) is 18.4 Å². The van der Waals surface area contributed by atoms with Gasteiger partial charge in [-0.2, -0.15) is 0 Å². The maximum atomic E-state index is 13.5. The summed E-state index contributed by atoms with van der Waals surface area (Å²) in [4.78, 5) is 28.5. The van der Waals surface area contributed by atoms with Crippen molar-refractivity contribution in [3.05, 3.63) is 83.4 Å². The third-order valence-corrected chi connectivity index (χ3v) is 5.46. The van der Waals surface area contributed by atoms with E-state index in [0.29, 0.717) is 34.1 Å². The molecule has 2 amide bonds. The first kappa shape index (κ1) is 21.2. The Hall–Kier alpha value is -4.00. The van der Waals surface area contributed by atoms with E-state index in [9.17, 15) is 9.59 Å². The Balaban J connectivity index is 1.73. The first-order chi connectivity index (χ1) is 15.6.